The molecule has 0 spiro atoms. The van der Waals surface area contributed by atoms with Crippen LogP contribution < -0.4 is 15.6 Å². The third kappa shape index (κ3) is 2.72. The summed E-state index contributed by atoms with van der Waals surface area (Å²) in [5.74, 6) is 1.36. The Labute approximate surface area is 117 Å². The van der Waals surface area contributed by atoms with Crippen molar-refractivity contribution in [2.75, 3.05) is 6.54 Å². The molecular weight excluding hydrogens is 254 g/mol. The van der Waals surface area contributed by atoms with Gasteiger partial charge in [-0.05, 0) is 19.1 Å². The van der Waals surface area contributed by atoms with Crippen LogP contribution in [0.15, 0.2) is 29.1 Å². The van der Waals surface area contributed by atoms with E-state index in [2.05, 4.69) is 15.3 Å². The summed E-state index contributed by atoms with van der Waals surface area (Å²) in [6.07, 6.45) is 0.788. The average molecular weight is 271 g/mol. The first-order valence-electron chi connectivity index (χ1n) is 6.73. The molecule has 0 aliphatic carbocycles. The van der Waals surface area contributed by atoms with E-state index in [1.165, 1.54) is 5.56 Å². The maximum atomic E-state index is 11.9. The first-order valence-corrected chi connectivity index (χ1v) is 6.73. The smallest absolute Gasteiger partial charge is 0.255 e. The molecule has 20 heavy (non-hydrogen) atoms. The van der Waals surface area contributed by atoms with Crippen LogP contribution in [0.4, 0.5) is 0 Å². The van der Waals surface area contributed by atoms with Crippen molar-refractivity contribution in [1.29, 1.82) is 0 Å². The van der Waals surface area contributed by atoms with Gasteiger partial charge in [-0.1, -0.05) is 17.7 Å². The second-order valence-corrected chi connectivity index (χ2v) is 4.97. The van der Waals surface area contributed by atoms with E-state index in [9.17, 15) is 4.79 Å². The molecule has 0 fully saturated rings. The van der Waals surface area contributed by atoms with E-state index in [1.54, 1.807) is 0 Å². The molecule has 0 saturated carbocycles. The third-order valence-electron chi connectivity index (χ3n) is 3.39. The van der Waals surface area contributed by atoms with E-state index in [4.69, 9.17) is 4.74 Å². The van der Waals surface area contributed by atoms with E-state index in [0.717, 1.165) is 30.0 Å². The van der Waals surface area contributed by atoms with Gasteiger partial charge in [0.2, 0.25) is 0 Å². The number of hydrogen-bond acceptors (Lipinski definition) is 4. The van der Waals surface area contributed by atoms with Gasteiger partial charge in [0, 0.05) is 19.5 Å². The van der Waals surface area contributed by atoms with Crippen molar-refractivity contribution in [2.45, 2.75) is 26.5 Å². The average Bonchev–Trinajstić information content (AvgIpc) is 2.47. The number of fused-ring (bicyclic) bond motifs is 1. The van der Waals surface area contributed by atoms with Gasteiger partial charge < -0.3 is 15.0 Å². The number of rotatable bonds is 3. The molecule has 104 valence electrons. The second-order valence-electron chi connectivity index (χ2n) is 4.97. The Hall–Kier alpha value is -2.14. The van der Waals surface area contributed by atoms with Crippen LogP contribution in [0, 0.1) is 6.92 Å². The summed E-state index contributed by atoms with van der Waals surface area (Å²) in [6, 6.07) is 7.81. The van der Waals surface area contributed by atoms with Crippen molar-refractivity contribution in [3.05, 3.63) is 57.3 Å². The molecule has 1 aliphatic rings. The highest BCUT2D eigenvalue weighted by molar-refractivity contribution is 5.26. The molecule has 0 amide bonds. The van der Waals surface area contributed by atoms with Crippen LogP contribution in [0.25, 0.3) is 0 Å². The van der Waals surface area contributed by atoms with E-state index >= 15 is 0 Å². The zero-order chi connectivity index (χ0) is 13.9. The zero-order valence-corrected chi connectivity index (χ0v) is 11.4. The third-order valence-corrected chi connectivity index (χ3v) is 3.39. The lowest BCUT2D eigenvalue weighted by Crippen LogP contribution is -2.32. The Bertz CT molecular complexity index is 662. The predicted molar refractivity (Wildman–Crippen MR) is 75.8 cm³/mol. The number of H-pyrrole nitrogens is 1. The van der Waals surface area contributed by atoms with Crippen molar-refractivity contribution < 1.29 is 4.74 Å². The molecule has 5 heteroatoms. The van der Waals surface area contributed by atoms with Crippen molar-refractivity contribution in [1.82, 2.24) is 15.3 Å². The first-order chi connectivity index (χ1) is 9.72. The van der Waals surface area contributed by atoms with Gasteiger partial charge in [0.15, 0.2) is 0 Å². The molecule has 0 unspecified atom stereocenters. The standard InChI is InChI=1S/C15H17N3O2/c1-10-2-4-11(5-3-10)20-9-14-17-13-6-7-16-8-12(13)15(19)18-14/h2-5,16H,6-9H2,1H3,(H,17,18,19). The van der Waals surface area contributed by atoms with Gasteiger partial charge in [0.05, 0.1) is 11.3 Å². The van der Waals surface area contributed by atoms with Crippen LogP contribution in [-0.4, -0.2) is 16.5 Å². The first kappa shape index (κ1) is 12.9. The minimum Gasteiger partial charge on any atom is -0.486 e. The molecule has 1 aliphatic heterocycles. The Morgan fingerprint density at radius 2 is 2.10 bits per heavy atom. The molecule has 2 heterocycles. The van der Waals surface area contributed by atoms with Gasteiger partial charge in [-0.25, -0.2) is 4.98 Å². The number of hydrogen-bond donors (Lipinski definition) is 2. The quantitative estimate of drug-likeness (QED) is 0.883. The number of aryl methyl sites for hydroxylation is 1. The number of nitrogens with zero attached hydrogens (tertiary/aromatic N) is 1. The van der Waals surface area contributed by atoms with Gasteiger partial charge >= 0.3 is 0 Å². The van der Waals surface area contributed by atoms with E-state index in [1.807, 2.05) is 31.2 Å². The number of nitrogens with one attached hydrogen (secondary N) is 2. The van der Waals surface area contributed by atoms with Gasteiger partial charge in [0.25, 0.3) is 5.56 Å². The maximum Gasteiger partial charge on any atom is 0.255 e. The highest BCUT2D eigenvalue weighted by Crippen LogP contribution is 2.13. The topological polar surface area (TPSA) is 67.0 Å². The minimum absolute atomic E-state index is 0.0651. The summed E-state index contributed by atoms with van der Waals surface area (Å²) in [4.78, 5) is 19.2. The van der Waals surface area contributed by atoms with Gasteiger partial charge in [0.1, 0.15) is 18.2 Å². The lowest BCUT2D eigenvalue weighted by molar-refractivity contribution is 0.294. The summed E-state index contributed by atoms with van der Waals surface area (Å²) < 4.78 is 5.64. The monoisotopic (exact) mass is 271 g/mol. The SMILES string of the molecule is Cc1ccc(OCc2nc3c(c(=O)[nH]2)CNCC3)cc1. The number of ether oxygens (including phenoxy) is 1. The van der Waals surface area contributed by atoms with Gasteiger partial charge in [-0.3, -0.25) is 4.79 Å². The van der Waals surface area contributed by atoms with Crippen molar-refractivity contribution in [3.63, 3.8) is 0 Å². The molecule has 0 saturated heterocycles. The van der Waals surface area contributed by atoms with Crippen molar-refractivity contribution in [3.8, 4) is 5.75 Å². The number of benzene rings is 1. The lowest BCUT2D eigenvalue weighted by atomic mass is 10.1. The summed E-state index contributed by atoms with van der Waals surface area (Å²) in [5, 5.41) is 3.17. The molecule has 0 atom stereocenters. The molecule has 3 rings (SSSR count). The molecule has 2 aromatic rings. The number of aromatic nitrogens is 2. The Morgan fingerprint density at radius 3 is 2.90 bits per heavy atom. The van der Waals surface area contributed by atoms with Crippen molar-refractivity contribution >= 4 is 0 Å². The highest BCUT2D eigenvalue weighted by Gasteiger charge is 2.15. The van der Waals surface area contributed by atoms with Crippen LogP contribution >= 0.6 is 0 Å². The number of aromatic amines is 1. The van der Waals surface area contributed by atoms with Crippen LogP contribution in [0.3, 0.4) is 0 Å². The predicted octanol–water partition coefficient (Wildman–Crippen LogP) is 1.30. The van der Waals surface area contributed by atoms with Crippen molar-refractivity contribution in [2.24, 2.45) is 0 Å². The second kappa shape index (κ2) is 5.46. The maximum absolute atomic E-state index is 11.9. The highest BCUT2D eigenvalue weighted by atomic mass is 16.5. The lowest BCUT2D eigenvalue weighted by Gasteiger charge is -2.16. The molecule has 0 radical (unpaired) electrons. The zero-order valence-electron chi connectivity index (χ0n) is 11.4. The normalized spacial score (nSPS) is 13.8. The fourth-order valence-corrected chi connectivity index (χ4v) is 2.26. The Balaban J connectivity index is 1.76. The van der Waals surface area contributed by atoms with Crippen LogP contribution in [0.5, 0.6) is 5.75 Å². The van der Waals surface area contributed by atoms with E-state index in [0.29, 0.717) is 12.4 Å². The Kier molecular flexibility index (Phi) is 3.52. The summed E-state index contributed by atoms with van der Waals surface area (Å²) in [5.41, 5.74) is 2.75. The largest absolute Gasteiger partial charge is 0.486 e. The fraction of sp³-hybridized carbons (Fsp3) is 0.333. The molecular formula is C15H17N3O2. The summed E-state index contributed by atoms with van der Waals surface area (Å²) in [7, 11) is 0. The van der Waals surface area contributed by atoms with Crippen LogP contribution in [-0.2, 0) is 19.6 Å². The Morgan fingerprint density at radius 1 is 1.30 bits per heavy atom. The molecule has 2 N–H and O–H groups in total. The molecule has 1 aromatic carbocycles. The molecule has 5 nitrogen and oxygen atoms in total. The van der Waals surface area contributed by atoms with E-state index < -0.39 is 0 Å². The molecule has 0 bridgehead atoms. The fourth-order valence-electron chi connectivity index (χ4n) is 2.26. The van der Waals surface area contributed by atoms with Gasteiger partial charge in [-0.2, -0.15) is 0 Å². The molecule has 1 aromatic heterocycles. The van der Waals surface area contributed by atoms with Crippen LogP contribution in [0.2, 0.25) is 0 Å². The minimum atomic E-state index is -0.0651. The van der Waals surface area contributed by atoms with E-state index in [-0.39, 0.29) is 12.2 Å². The van der Waals surface area contributed by atoms with Crippen LogP contribution in [0.1, 0.15) is 22.6 Å². The summed E-state index contributed by atoms with van der Waals surface area (Å²) >= 11 is 0. The van der Waals surface area contributed by atoms with Gasteiger partial charge in [-0.15, -0.1) is 0 Å². The summed E-state index contributed by atoms with van der Waals surface area (Å²) in [6.45, 7) is 3.76.